The summed E-state index contributed by atoms with van der Waals surface area (Å²) in [5, 5.41) is 3.11. The maximum atomic E-state index is 12.9. The van der Waals surface area contributed by atoms with Crippen LogP contribution in [-0.2, 0) is 11.2 Å². The van der Waals surface area contributed by atoms with Crippen LogP contribution in [0.15, 0.2) is 24.3 Å². The maximum Gasteiger partial charge on any atom is 0.220 e. The van der Waals surface area contributed by atoms with Gasteiger partial charge in [0.05, 0.1) is 0 Å². The molecule has 1 rings (SSSR count). The van der Waals surface area contributed by atoms with E-state index in [0.29, 0.717) is 12.3 Å². The predicted octanol–water partition coefficient (Wildman–Crippen LogP) is 3.84. The van der Waals surface area contributed by atoms with Crippen LogP contribution >= 0.6 is 12.4 Å². The highest BCUT2D eigenvalue weighted by Crippen LogP contribution is 2.12. The summed E-state index contributed by atoms with van der Waals surface area (Å²) in [6.45, 7) is 4.91. The first-order valence-electron chi connectivity index (χ1n) is 8.26. The smallest absolute Gasteiger partial charge is 0.220 e. The third-order valence-corrected chi connectivity index (χ3v) is 3.88. The Labute approximate surface area is 145 Å². The average Bonchev–Trinajstić information content (AvgIpc) is 2.48. The van der Waals surface area contributed by atoms with E-state index in [9.17, 15) is 9.18 Å². The summed E-state index contributed by atoms with van der Waals surface area (Å²) in [7, 11) is 0. The summed E-state index contributed by atoms with van der Waals surface area (Å²) in [6, 6.07) is 6.58. The van der Waals surface area contributed by atoms with Crippen molar-refractivity contribution in [2.75, 3.05) is 6.54 Å². The normalized spacial score (nSPS) is 11.9. The molecular formula is C18H30ClFN2O. The van der Waals surface area contributed by atoms with E-state index >= 15 is 0 Å². The van der Waals surface area contributed by atoms with Gasteiger partial charge < -0.3 is 11.1 Å². The van der Waals surface area contributed by atoms with E-state index in [1.54, 1.807) is 12.1 Å². The summed E-state index contributed by atoms with van der Waals surface area (Å²) in [6.07, 6.45) is 5.38. The molecule has 0 bridgehead atoms. The lowest BCUT2D eigenvalue weighted by Crippen LogP contribution is -2.40. The Morgan fingerprint density at radius 3 is 2.30 bits per heavy atom. The van der Waals surface area contributed by atoms with E-state index in [-0.39, 0.29) is 30.2 Å². The van der Waals surface area contributed by atoms with Crippen LogP contribution < -0.4 is 11.1 Å². The molecule has 0 saturated heterocycles. The standard InChI is InChI=1S/C18H29FN2O.ClH/c1-14(2)17(13-15-8-10-16(19)11-9-15)21-18(22)7-5-3-4-6-12-20;/h8-11,14,17H,3-7,12-13,20H2,1-2H3,(H,21,22);1H. The van der Waals surface area contributed by atoms with Crippen molar-refractivity contribution in [1.29, 1.82) is 0 Å². The average molecular weight is 345 g/mol. The van der Waals surface area contributed by atoms with E-state index in [1.165, 1.54) is 12.1 Å². The summed E-state index contributed by atoms with van der Waals surface area (Å²) >= 11 is 0. The van der Waals surface area contributed by atoms with Crippen LogP contribution in [-0.4, -0.2) is 18.5 Å². The molecule has 3 N–H and O–H groups in total. The minimum atomic E-state index is -0.230. The number of amides is 1. The predicted molar refractivity (Wildman–Crippen MR) is 96.3 cm³/mol. The largest absolute Gasteiger partial charge is 0.353 e. The van der Waals surface area contributed by atoms with Crippen molar-refractivity contribution in [1.82, 2.24) is 5.32 Å². The van der Waals surface area contributed by atoms with Crippen LogP contribution in [0, 0.1) is 11.7 Å². The molecule has 3 nitrogen and oxygen atoms in total. The Bertz CT molecular complexity index is 437. The molecule has 0 aromatic heterocycles. The lowest BCUT2D eigenvalue weighted by Gasteiger charge is -2.22. The van der Waals surface area contributed by atoms with Gasteiger partial charge >= 0.3 is 0 Å². The highest BCUT2D eigenvalue weighted by atomic mass is 35.5. The van der Waals surface area contributed by atoms with Gasteiger partial charge in [-0.05, 0) is 49.4 Å². The number of carbonyl (C=O) groups excluding carboxylic acids is 1. The minimum absolute atomic E-state index is 0. The number of hydrogen-bond acceptors (Lipinski definition) is 2. The van der Waals surface area contributed by atoms with E-state index < -0.39 is 0 Å². The van der Waals surface area contributed by atoms with Gasteiger partial charge in [0.1, 0.15) is 5.82 Å². The fourth-order valence-electron chi connectivity index (χ4n) is 2.39. The Hall–Kier alpha value is -1.13. The number of rotatable bonds is 10. The zero-order valence-electron chi connectivity index (χ0n) is 14.2. The fraction of sp³-hybridized carbons (Fsp3) is 0.611. The molecule has 132 valence electrons. The monoisotopic (exact) mass is 344 g/mol. The first-order chi connectivity index (χ1) is 10.5. The van der Waals surface area contributed by atoms with Gasteiger partial charge in [0, 0.05) is 12.5 Å². The summed E-state index contributed by atoms with van der Waals surface area (Å²) in [4.78, 5) is 12.0. The topological polar surface area (TPSA) is 55.1 Å². The van der Waals surface area contributed by atoms with Crippen LogP contribution in [0.4, 0.5) is 4.39 Å². The fourth-order valence-corrected chi connectivity index (χ4v) is 2.39. The third kappa shape index (κ3) is 9.57. The molecule has 1 atom stereocenters. The van der Waals surface area contributed by atoms with Gasteiger partial charge in [-0.1, -0.05) is 38.8 Å². The number of carbonyl (C=O) groups is 1. The van der Waals surface area contributed by atoms with Gasteiger partial charge in [-0.25, -0.2) is 4.39 Å². The zero-order chi connectivity index (χ0) is 16.4. The van der Waals surface area contributed by atoms with E-state index in [1.807, 2.05) is 0 Å². The molecule has 0 fully saturated rings. The number of benzene rings is 1. The molecule has 0 saturated carbocycles. The SMILES string of the molecule is CC(C)C(Cc1ccc(F)cc1)NC(=O)CCCCCCN.Cl. The van der Waals surface area contributed by atoms with Crippen LogP contribution in [0.2, 0.25) is 0 Å². The Morgan fingerprint density at radius 1 is 1.13 bits per heavy atom. The Morgan fingerprint density at radius 2 is 1.74 bits per heavy atom. The van der Waals surface area contributed by atoms with Crippen LogP contribution in [0.25, 0.3) is 0 Å². The second-order valence-electron chi connectivity index (χ2n) is 6.20. The summed E-state index contributed by atoms with van der Waals surface area (Å²) in [5.74, 6) is 0.214. The minimum Gasteiger partial charge on any atom is -0.353 e. The first kappa shape index (κ1) is 21.9. The zero-order valence-corrected chi connectivity index (χ0v) is 15.0. The molecule has 5 heteroatoms. The first-order valence-corrected chi connectivity index (χ1v) is 8.26. The lowest BCUT2D eigenvalue weighted by atomic mass is 9.96. The molecule has 0 heterocycles. The van der Waals surface area contributed by atoms with Crippen molar-refractivity contribution in [2.45, 2.75) is 58.4 Å². The van der Waals surface area contributed by atoms with Crippen molar-refractivity contribution in [3.63, 3.8) is 0 Å². The number of hydrogen-bond donors (Lipinski definition) is 2. The maximum absolute atomic E-state index is 12.9. The molecule has 0 aliphatic heterocycles. The number of halogens is 2. The molecule has 1 amide bonds. The Kier molecular flexibility index (Phi) is 11.7. The molecular weight excluding hydrogens is 315 g/mol. The summed E-state index contributed by atoms with van der Waals surface area (Å²) in [5.41, 5.74) is 6.49. The number of nitrogens with one attached hydrogen (secondary N) is 1. The van der Waals surface area contributed by atoms with Gasteiger partial charge in [-0.15, -0.1) is 12.4 Å². The molecule has 1 unspecified atom stereocenters. The number of nitrogens with two attached hydrogens (primary N) is 1. The van der Waals surface area contributed by atoms with Crippen molar-refractivity contribution in [3.05, 3.63) is 35.6 Å². The van der Waals surface area contributed by atoms with Crippen molar-refractivity contribution >= 4 is 18.3 Å². The molecule has 1 aromatic carbocycles. The van der Waals surface area contributed by atoms with Gasteiger partial charge in [0.15, 0.2) is 0 Å². The highest BCUT2D eigenvalue weighted by Gasteiger charge is 2.16. The van der Waals surface area contributed by atoms with Gasteiger partial charge in [-0.2, -0.15) is 0 Å². The Balaban J connectivity index is 0.00000484. The van der Waals surface area contributed by atoms with E-state index in [2.05, 4.69) is 19.2 Å². The molecule has 0 aliphatic carbocycles. The van der Waals surface area contributed by atoms with Gasteiger partial charge in [0.2, 0.25) is 5.91 Å². The van der Waals surface area contributed by atoms with Gasteiger partial charge in [0.25, 0.3) is 0 Å². The van der Waals surface area contributed by atoms with Crippen LogP contribution in [0.1, 0.15) is 51.5 Å². The summed E-state index contributed by atoms with van der Waals surface area (Å²) < 4.78 is 12.9. The van der Waals surface area contributed by atoms with Crippen molar-refractivity contribution in [3.8, 4) is 0 Å². The van der Waals surface area contributed by atoms with Crippen molar-refractivity contribution in [2.24, 2.45) is 11.7 Å². The second kappa shape index (κ2) is 12.3. The molecule has 0 radical (unpaired) electrons. The quantitative estimate of drug-likeness (QED) is 0.633. The number of unbranched alkanes of at least 4 members (excludes halogenated alkanes) is 3. The van der Waals surface area contributed by atoms with Crippen molar-refractivity contribution < 1.29 is 9.18 Å². The molecule has 0 spiro atoms. The molecule has 23 heavy (non-hydrogen) atoms. The molecule has 1 aromatic rings. The second-order valence-corrected chi connectivity index (χ2v) is 6.20. The molecule has 0 aliphatic rings. The van der Waals surface area contributed by atoms with Crippen LogP contribution in [0.3, 0.4) is 0 Å². The van der Waals surface area contributed by atoms with E-state index in [0.717, 1.165) is 44.2 Å². The van der Waals surface area contributed by atoms with Gasteiger partial charge in [-0.3, -0.25) is 4.79 Å². The van der Waals surface area contributed by atoms with Crippen LogP contribution in [0.5, 0.6) is 0 Å². The highest BCUT2D eigenvalue weighted by molar-refractivity contribution is 5.85. The third-order valence-electron chi connectivity index (χ3n) is 3.88. The lowest BCUT2D eigenvalue weighted by molar-refractivity contribution is -0.122. The van der Waals surface area contributed by atoms with E-state index in [4.69, 9.17) is 5.73 Å².